The second kappa shape index (κ2) is 4.55. The van der Waals surface area contributed by atoms with E-state index >= 15 is 0 Å². The molecule has 0 saturated carbocycles. The van der Waals surface area contributed by atoms with Crippen molar-refractivity contribution in [3.8, 4) is 0 Å². The molecule has 1 aliphatic carbocycles. The van der Waals surface area contributed by atoms with E-state index in [1.165, 1.54) is 12.2 Å². The van der Waals surface area contributed by atoms with E-state index in [0.717, 1.165) is 5.56 Å². The average molecular weight is 258 g/mol. The molecule has 1 heterocycles. The Labute approximate surface area is 110 Å². The van der Waals surface area contributed by atoms with Crippen LogP contribution in [0.15, 0.2) is 54.0 Å². The quantitative estimate of drug-likeness (QED) is 0.809. The summed E-state index contributed by atoms with van der Waals surface area (Å²) in [6, 6.07) is 9.23. The number of hydrogen-bond acceptors (Lipinski definition) is 4. The fourth-order valence-corrected chi connectivity index (χ4v) is 2.51. The number of hydrogen-bond donors (Lipinski definition) is 2. The van der Waals surface area contributed by atoms with E-state index in [-0.39, 0.29) is 23.9 Å². The predicted octanol–water partition coefficient (Wildman–Crippen LogP) is 2.03. The largest absolute Gasteiger partial charge is 0.508 e. The molecule has 4 heteroatoms. The van der Waals surface area contributed by atoms with Crippen molar-refractivity contribution in [3.05, 3.63) is 59.6 Å². The van der Waals surface area contributed by atoms with Gasteiger partial charge in [-0.2, -0.15) is 0 Å². The normalized spacial score (nSPS) is 29.9. The minimum atomic E-state index is -0.874. The molecule has 98 valence electrons. The monoisotopic (exact) mass is 258 g/mol. The van der Waals surface area contributed by atoms with Gasteiger partial charge in [0.2, 0.25) is 0 Å². The number of ketones is 1. The van der Waals surface area contributed by atoms with Crippen LogP contribution in [0.3, 0.4) is 0 Å². The van der Waals surface area contributed by atoms with Crippen molar-refractivity contribution in [2.75, 3.05) is 0 Å². The highest BCUT2D eigenvalue weighted by atomic mass is 16.5. The van der Waals surface area contributed by atoms with Gasteiger partial charge in [-0.15, -0.1) is 0 Å². The highest BCUT2D eigenvalue weighted by Crippen LogP contribution is 2.38. The summed E-state index contributed by atoms with van der Waals surface area (Å²) in [5, 5.41) is 19.3. The van der Waals surface area contributed by atoms with Gasteiger partial charge in [-0.1, -0.05) is 30.3 Å². The highest BCUT2D eigenvalue weighted by Gasteiger charge is 2.39. The van der Waals surface area contributed by atoms with Gasteiger partial charge in [0.25, 0.3) is 0 Å². The Bertz CT molecular complexity index is 559. The first-order valence-electron chi connectivity index (χ1n) is 6.20. The van der Waals surface area contributed by atoms with Gasteiger partial charge in [0.05, 0.1) is 12.0 Å². The van der Waals surface area contributed by atoms with Gasteiger partial charge in [-0.3, -0.25) is 4.79 Å². The maximum atomic E-state index is 12.1. The third-order valence-corrected chi connectivity index (χ3v) is 3.48. The maximum Gasteiger partial charge on any atom is 0.181 e. The second-order valence-corrected chi connectivity index (χ2v) is 4.81. The zero-order valence-electron chi connectivity index (χ0n) is 10.2. The molecule has 0 bridgehead atoms. The van der Waals surface area contributed by atoms with Gasteiger partial charge < -0.3 is 14.9 Å². The summed E-state index contributed by atoms with van der Waals surface area (Å²) >= 11 is 0. The molecule has 3 atom stereocenters. The summed E-state index contributed by atoms with van der Waals surface area (Å²) in [7, 11) is 0. The van der Waals surface area contributed by atoms with Gasteiger partial charge >= 0.3 is 0 Å². The summed E-state index contributed by atoms with van der Waals surface area (Å²) in [5.74, 6) is 0.00594. The van der Waals surface area contributed by atoms with Crippen molar-refractivity contribution in [3.63, 3.8) is 0 Å². The van der Waals surface area contributed by atoms with Crippen LogP contribution in [0.1, 0.15) is 18.1 Å². The number of aliphatic hydroxyl groups is 2. The lowest BCUT2D eigenvalue weighted by atomic mass is 9.85. The molecule has 2 aliphatic rings. The van der Waals surface area contributed by atoms with Crippen LogP contribution in [0.5, 0.6) is 0 Å². The van der Waals surface area contributed by atoms with Crippen LogP contribution in [0.25, 0.3) is 0 Å². The molecule has 0 radical (unpaired) electrons. The number of fused-ring (bicyclic) bond motifs is 1. The van der Waals surface area contributed by atoms with Crippen LogP contribution in [-0.2, 0) is 9.53 Å². The standard InChI is InChI=1S/C15H14O4/c16-10-6-12(17)11-8-13(18)15(19-14(11)7-10)9-4-2-1-3-5-9/h1-7,11-12,15-17H,8H2. The van der Waals surface area contributed by atoms with Crippen molar-refractivity contribution in [2.45, 2.75) is 18.6 Å². The Morgan fingerprint density at radius 2 is 1.95 bits per heavy atom. The molecule has 2 N–H and O–H groups in total. The smallest absolute Gasteiger partial charge is 0.181 e. The van der Waals surface area contributed by atoms with E-state index in [2.05, 4.69) is 0 Å². The van der Waals surface area contributed by atoms with Gasteiger partial charge in [0, 0.05) is 12.5 Å². The van der Waals surface area contributed by atoms with Crippen molar-refractivity contribution in [1.82, 2.24) is 0 Å². The lowest BCUT2D eigenvalue weighted by Crippen LogP contribution is -2.35. The van der Waals surface area contributed by atoms with Gasteiger partial charge in [-0.25, -0.2) is 0 Å². The lowest BCUT2D eigenvalue weighted by Gasteiger charge is -2.34. The fourth-order valence-electron chi connectivity index (χ4n) is 2.51. The van der Waals surface area contributed by atoms with Crippen LogP contribution in [0.4, 0.5) is 0 Å². The molecule has 0 aromatic heterocycles. The summed E-state index contributed by atoms with van der Waals surface area (Å²) in [4.78, 5) is 12.1. The topological polar surface area (TPSA) is 66.8 Å². The molecule has 3 rings (SSSR count). The van der Waals surface area contributed by atoms with Crippen molar-refractivity contribution < 1.29 is 19.7 Å². The van der Waals surface area contributed by atoms with Gasteiger partial charge in [-0.05, 0) is 11.6 Å². The molecule has 3 unspecified atom stereocenters. The van der Waals surface area contributed by atoms with E-state index in [9.17, 15) is 15.0 Å². The summed E-state index contributed by atoms with van der Waals surface area (Å²) in [6.45, 7) is 0. The van der Waals surface area contributed by atoms with Gasteiger partial charge in [0.1, 0.15) is 11.5 Å². The van der Waals surface area contributed by atoms with E-state index in [1.807, 2.05) is 30.3 Å². The van der Waals surface area contributed by atoms with E-state index in [4.69, 9.17) is 4.74 Å². The summed E-state index contributed by atoms with van der Waals surface area (Å²) < 4.78 is 5.68. The van der Waals surface area contributed by atoms with Crippen LogP contribution >= 0.6 is 0 Å². The third kappa shape index (κ3) is 2.15. The van der Waals surface area contributed by atoms with Crippen LogP contribution in [-0.4, -0.2) is 22.1 Å². The first-order valence-corrected chi connectivity index (χ1v) is 6.20. The molecule has 1 aromatic rings. The Balaban J connectivity index is 1.91. The summed E-state index contributed by atoms with van der Waals surface area (Å²) in [6.07, 6.45) is 1.49. The molecular formula is C15H14O4. The first kappa shape index (κ1) is 12.0. The van der Waals surface area contributed by atoms with Crippen LogP contribution < -0.4 is 0 Å². The first-order chi connectivity index (χ1) is 9.15. The Kier molecular flexibility index (Phi) is 2.87. The Morgan fingerprint density at radius 3 is 2.68 bits per heavy atom. The van der Waals surface area contributed by atoms with Crippen molar-refractivity contribution in [2.24, 2.45) is 5.92 Å². The molecule has 1 aromatic carbocycles. The van der Waals surface area contributed by atoms with Crippen LogP contribution in [0, 0.1) is 5.92 Å². The second-order valence-electron chi connectivity index (χ2n) is 4.81. The number of Topliss-reactive ketones (excluding diaryl/α,β-unsaturated/α-hetero) is 1. The Hall–Kier alpha value is -2.07. The molecule has 0 spiro atoms. The van der Waals surface area contributed by atoms with E-state index < -0.39 is 12.2 Å². The minimum Gasteiger partial charge on any atom is -0.508 e. The minimum absolute atomic E-state index is 0.0279. The van der Waals surface area contributed by atoms with Crippen molar-refractivity contribution >= 4 is 5.78 Å². The zero-order valence-corrected chi connectivity index (χ0v) is 10.2. The molecule has 1 aliphatic heterocycles. The maximum absolute atomic E-state index is 12.1. The highest BCUT2D eigenvalue weighted by molar-refractivity contribution is 5.86. The third-order valence-electron chi connectivity index (χ3n) is 3.48. The number of aliphatic hydroxyl groups excluding tert-OH is 2. The molecule has 4 nitrogen and oxygen atoms in total. The van der Waals surface area contributed by atoms with Gasteiger partial charge in [0.15, 0.2) is 11.9 Å². The molecular weight excluding hydrogens is 244 g/mol. The average Bonchev–Trinajstić information content (AvgIpc) is 2.40. The Morgan fingerprint density at radius 1 is 1.21 bits per heavy atom. The lowest BCUT2D eigenvalue weighted by molar-refractivity contribution is -0.136. The molecule has 1 saturated heterocycles. The molecule has 0 amide bonds. The number of ether oxygens (including phenoxy) is 1. The van der Waals surface area contributed by atoms with E-state index in [1.54, 1.807) is 0 Å². The SMILES string of the molecule is O=C1CC2C(=CC(O)=CC2O)OC1c1ccccc1. The summed E-state index contributed by atoms with van der Waals surface area (Å²) in [5.41, 5.74) is 0.787. The fraction of sp³-hybridized carbons (Fsp3) is 0.267. The number of rotatable bonds is 1. The predicted molar refractivity (Wildman–Crippen MR) is 68.2 cm³/mol. The number of carbonyl (C=O) groups is 1. The number of benzene rings is 1. The van der Waals surface area contributed by atoms with Crippen molar-refractivity contribution in [1.29, 1.82) is 0 Å². The molecule has 1 fully saturated rings. The zero-order chi connectivity index (χ0) is 13.4. The number of allylic oxidation sites excluding steroid dienone is 1. The van der Waals surface area contributed by atoms with Crippen LogP contribution in [0.2, 0.25) is 0 Å². The number of carbonyl (C=O) groups excluding carboxylic acids is 1. The molecule has 19 heavy (non-hydrogen) atoms. The van der Waals surface area contributed by atoms with E-state index in [0.29, 0.717) is 5.76 Å².